The SMILES string of the molecule is CC(C)(F)c1c[c]ccc1. The topological polar surface area (TPSA) is 0 Å². The normalized spacial score (nSPS) is 11.5. The Balaban J connectivity index is 2.97. The van der Waals surface area contributed by atoms with Crippen molar-refractivity contribution in [1.82, 2.24) is 0 Å². The van der Waals surface area contributed by atoms with E-state index in [1.165, 1.54) is 13.8 Å². The second-order valence-corrected chi connectivity index (χ2v) is 2.76. The van der Waals surface area contributed by atoms with Gasteiger partial charge in [-0.05, 0) is 31.5 Å². The summed E-state index contributed by atoms with van der Waals surface area (Å²) in [6, 6.07) is 9.80. The van der Waals surface area contributed by atoms with E-state index < -0.39 is 5.67 Å². The van der Waals surface area contributed by atoms with E-state index in [2.05, 4.69) is 6.07 Å². The number of rotatable bonds is 1. The van der Waals surface area contributed by atoms with Gasteiger partial charge >= 0.3 is 0 Å². The van der Waals surface area contributed by atoms with Crippen LogP contribution >= 0.6 is 0 Å². The highest BCUT2D eigenvalue weighted by Crippen LogP contribution is 2.22. The van der Waals surface area contributed by atoms with Crippen molar-refractivity contribution in [2.45, 2.75) is 19.5 Å². The zero-order valence-electron chi connectivity index (χ0n) is 6.19. The minimum Gasteiger partial charge on any atom is -0.239 e. The van der Waals surface area contributed by atoms with Crippen molar-refractivity contribution in [1.29, 1.82) is 0 Å². The lowest BCUT2D eigenvalue weighted by molar-refractivity contribution is 0.221. The zero-order valence-corrected chi connectivity index (χ0v) is 6.19. The molecule has 0 N–H and O–H groups in total. The average molecular weight is 137 g/mol. The lowest BCUT2D eigenvalue weighted by Gasteiger charge is -2.13. The fourth-order valence-electron chi connectivity index (χ4n) is 0.763. The molecule has 0 nitrogen and oxygen atoms in total. The number of hydrogen-bond acceptors (Lipinski definition) is 0. The summed E-state index contributed by atoms with van der Waals surface area (Å²) in [4.78, 5) is 0. The average Bonchev–Trinajstić information content (AvgIpc) is 1.88. The summed E-state index contributed by atoms with van der Waals surface area (Å²) < 4.78 is 13.1. The number of hydrogen-bond donors (Lipinski definition) is 0. The molecule has 0 aliphatic carbocycles. The molecule has 0 bridgehead atoms. The summed E-state index contributed by atoms with van der Waals surface area (Å²) >= 11 is 0. The van der Waals surface area contributed by atoms with Crippen LogP contribution in [0.15, 0.2) is 24.3 Å². The van der Waals surface area contributed by atoms with Crippen molar-refractivity contribution in [3.8, 4) is 0 Å². The molecule has 1 aromatic rings. The Morgan fingerprint density at radius 1 is 1.50 bits per heavy atom. The first-order valence-corrected chi connectivity index (χ1v) is 3.26. The number of benzene rings is 1. The molecule has 1 aromatic carbocycles. The van der Waals surface area contributed by atoms with Crippen LogP contribution in [0.2, 0.25) is 0 Å². The quantitative estimate of drug-likeness (QED) is 0.558. The first-order chi connectivity index (χ1) is 4.61. The van der Waals surface area contributed by atoms with E-state index in [1.807, 2.05) is 0 Å². The van der Waals surface area contributed by atoms with Gasteiger partial charge in [-0.3, -0.25) is 0 Å². The van der Waals surface area contributed by atoms with Crippen molar-refractivity contribution >= 4 is 0 Å². The summed E-state index contributed by atoms with van der Waals surface area (Å²) in [6.07, 6.45) is 0. The van der Waals surface area contributed by atoms with E-state index in [9.17, 15) is 4.39 Å². The Labute approximate surface area is 60.7 Å². The summed E-state index contributed by atoms with van der Waals surface area (Å²) in [7, 11) is 0. The Hall–Kier alpha value is -0.850. The van der Waals surface area contributed by atoms with Crippen LogP contribution in [0.4, 0.5) is 4.39 Å². The van der Waals surface area contributed by atoms with Gasteiger partial charge in [-0.25, -0.2) is 4.39 Å². The van der Waals surface area contributed by atoms with Crippen LogP contribution in [0, 0.1) is 6.07 Å². The molecule has 0 unspecified atom stereocenters. The van der Waals surface area contributed by atoms with Gasteiger partial charge in [0, 0.05) is 0 Å². The first-order valence-electron chi connectivity index (χ1n) is 3.26. The van der Waals surface area contributed by atoms with Gasteiger partial charge in [0.2, 0.25) is 0 Å². The molecule has 1 radical (unpaired) electrons. The maximum absolute atomic E-state index is 13.1. The Kier molecular flexibility index (Phi) is 1.75. The van der Waals surface area contributed by atoms with Crippen molar-refractivity contribution < 1.29 is 4.39 Å². The molecule has 0 aliphatic heterocycles. The summed E-state index contributed by atoms with van der Waals surface area (Å²) in [5.74, 6) is 0. The predicted octanol–water partition coefficient (Wildman–Crippen LogP) is 2.69. The summed E-state index contributed by atoms with van der Waals surface area (Å²) in [5.41, 5.74) is -0.562. The molecule has 0 aliphatic rings. The van der Waals surface area contributed by atoms with Crippen LogP contribution in [0.5, 0.6) is 0 Å². The van der Waals surface area contributed by atoms with E-state index in [4.69, 9.17) is 0 Å². The Bertz CT molecular complexity index is 196. The maximum atomic E-state index is 13.1. The third-order valence-electron chi connectivity index (χ3n) is 1.39. The first kappa shape index (κ1) is 7.26. The highest BCUT2D eigenvalue weighted by Gasteiger charge is 2.16. The summed E-state index contributed by atoms with van der Waals surface area (Å²) in [5, 5.41) is 0. The van der Waals surface area contributed by atoms with Gasteiger partial charge in [0.25, 0.3) is 0 Å². The molecular formula is C9H10F. The van der Waals surface area contributed by atoms with E-state index in [1.54, 1.807) is 24.3 Å². The number of alkyl halides is 1. The van der Waals surface area contributed by atoms with Crippen molar-refractivity contribution in [2.75, 3.05) is 0 Å². The van der Waals surface area contributed by atoms with Crippen LogP contribution in [-0.4, -0.2) is 0 Å². The highest BCUT2D eigenvalue weighted by molar-refractivity contribution is 5.19. The van der Waals surface area contributed by atoms with E-state index in [-0.39, 0.29) is 0 Å². The minimum absolute atomic E-state index is 0.676. The van der Waals surface area contributed by atoms with Gasteiger partial charge in [0.05, 0.1) is 0 Å². The second kappa shape index (κ2) is 2.41. The monoisotopic (exact) mass is 137 g/mol. The Morgan fingerprint density at radius 3 is 2.50 bits per heavy atom. The highest BCUT2D eigenvalue weighted by atomic mass is 19.1. The molecule has 0 saturated heterocycles. The van der Waals surface area contributed by atoms with Crippen molar-refractivity contribution in [2.24, 2.45) is 0 Å². The van der Waals surface area contributed by atoms with Crippen LogP contribution in [0.3, 0.4) is 0 Å². The standard InChI is InChI=1S/C9H10F/c1-9(2,10)8-6-4-3-5-7-8/h3-4,6-7H,1-2H3. The molecule has 0 atom stereocenters. The second-order valence-electron chi connectivity index (χ2n) is 2.76. The largest absolute Gasteiger partial charge is 0.239 e. The molecule has 0 aromatic heterocycles. The van der Waals surface area contributed by atoms with Crippen LogP contribution in [0.25, 0.3) is 0 Å². The molecule has 0 saturated carbocycles. The van der Waals surface area contributed by atoms with E-state index in [0.717, 1.165) is 0 Å². The minimum atomic E-state index is -1.24. The molecule has 10 heavy (non-hydrogen) atoms. The molecule has 0 spiro atoms. The van der Waals surface area contributed by atoms with Crippen LogP contribution in [0.1, 0.15) is 19.4 Å². The van der Waals surface area contributed by atoms with E-state index >= 15 is 0 Å². The van der Waals surface area contributed by atoms with Gasteiger partial charge in [-0.1, -0.05) is 18.2 Å². The molecule has 1 rings (SSSR count). The molecule has 1 heteroatoms. The van der Waals surface area contributed by atoms with Gasteiger partial charge in [-0.2, -0.15) is 0 Å². The van der Waals surface area contributed by atoms with E-state index in [0.29, 0.717) is 5.56 Å². The third kappa shape index (κ3) is 1.56. The molecular weight excluding hydrogens is 127 g/mol. The van der Waals surface area contributed by atoms with Crippen LogP contribution in [-0.2, 0) is 5.67 Å². The lowest BCUT2D eigenvalue weighted by atomic mass is 10.0. The van der Waals surface area contributed by atoms with Crippen LogP contribution < -0.4 is 0 Å². The van der Waals surface area contributed by atoms with Crippen molar-refractivity contribution in [3.63, 3.8) is 0 Å². The predicted molar refractivity (Wildman–Crippen MR) is 39.4 cm³/mol. The molecule has 0 heterocycles. The third-order valence-corrected chi connectivity index (χ3v) is 1.39. The van der Waals surface area contributed by atoms with Gasteiger partial charge in [0.15, 0.2) is 0 Å². The molecule has 0 fully saturated rings. The number of halogens is 1. The van der Waals surface area contributed by atoms with Gasteiger partial charge in [0.1, 0.15) is 5.67 Å². The molecule has 53 valence electrons. The molecule has 0 amide bonds. The fourth-order valence-corrected chi connectivity index (χ4v) is 0.763. The van der Waals surface area contributed by atoms with Gasteiger partial charge in [-0.15, -0.1) is 0 Å². The van der Waals surface area contributed by atoms with Crippen molar-refractivity contribution in [3.05, 3.63) is 35.9 Å². The maximum Gasteiger partial charge on any atom is 0.130 e. The Morgan fingerprint density at radius 2 is 2.20 bits per heavy atom. The fraction of sp³-hybridized carbons (Fsp3) is 0.333. The van der Waals surface area contributed by atoms with Gasteiger partial charge < -0.3 is 0 Å². The smallest absolute Gasteiger partial charge is 0.130 e. The zero-order chi connectivity index (χ0) is 7.61. The lowest BCUT2D eigenvalue weighted by Crippen LogP contribution is -2.07. The summed E-state index contributed by atoms with van der Waals surface area (Å²) in [6.45, 7) is 3.08.